The lowest BCUT2D eigenvalue weighted by molar-refractivity contribution is 0.630. The summed E-state index contributed by atoms with van der Waals surface area (Å²) < 4.78 is 3.38. The molecule has 1 heterocycles. The van der Waals surface area contributed by atoms with Crippen molar-refractivity contribution in [1.82, 2.24) is 14.8 Å². The molecule has 2 aromatic carbocycles. The smallest absolute Gasteiger partial charge is 0.295 e. The number of benzene rings is 2. The Balaban J connectivity index is 1.75. The van der Waals surface area contributed by atoms with Crippen molar-refractivity contribution in [3.8, 4) is 5.69 Å². The second-order valence-electron chi connectivity index (χ2n) is 6.17. The van der Waals surface area contributed by atoms with Crippen LogP contribution in [0.25, 0.3) is 5.69 Å². The summed E-state index contributed by atoms with van der Waals surface area (Å²) in [5.74, 6) is 0. The maximum Gasteiger partial charge on any atom is 0.295 e. The molecule has 0 aliphatic heterocycles. The average molecular weight is 379 g/mol. The molecule has 6 nitrogen and oxygen atoms in total. The Kier molecular flexibility index (Phi) is 5.52. The van der Waals surface area contributed by atoms with Gasteiger partial charge in [0.1, 0.15) is 5.69 Å². The summed E-state index contributed by atoms with van der Waals surface area (Å²) in [6.07, 6.45) is 1.67. The largest absolute Gasteiger partial charge is 0.325 e. The quantitative estimate of drug-likeness (QED) is 0.415. The highest BCUT2D eigenvalue weighted by Gasteiger charge is 2.16. The summed E-state index contributed by atoms with van der Waals surface area (Å²) in [5.41, 5.74) is 6.70. The van der Waals surface area contributed by atoms with Crippen LogP contribution in [0.3, 0.4) is 0 Å². The first-order valence-electron chi connectivity index (χ1n) is 8.48. The number of hydrogen-bond acceptors (Lipinski definition) is 3. The van der Waals surface area contributed by atoms with Gasteiger partial charge in [-0.2, -0.15) is 5.10 Å². The van der Waals surface area contributed by atoms with Gasteiger partial charge in [-0.05, 0) is 43.8 Å². The van der Waals surface area contributed by atoms with E-state index in [2.05, 4.69) is 15.8 Å². The van der Waals surface area contributed by atoms with Gasteiger partial charge in [0.15, 0.2) is 5.11 Å². The van der Waals surface area contributed by atoms with E-state index in [1.54, 1.807) is 15.6 Å². The third kappa shape index (κ3) is 4.15. The molecule has 0 bridgehead atoms. The van der Waals surface area contributed by atoms with Gasteiger partial charge in [-0.25, -0.2) is 4.68 Å². The molecule has 0 unspecified atom stereocenters. The molecule has 0 fully saturated rings. The van der Waals surface area contributed by atoms with Gasteiger partial charge in [0.25, 0.3) is 5.56 Å². The SMILES string of the molecule is Cc1ccc(/C=N\NC(=S)Nc2c(C)n(C)n(-c3ccccc3)c2=O)cc1. The summed E-state index contributed by atoms with van der Waals surface area (Å²) in [7, 11) is 1.83. The second kappa shape index (κ2) is 8.01. The highest BCUT2D eigenvalue weighted by Crippen LogP contribution is 2.13. The highest BCUT2D eigenvalue weighted by molar-refractivity contribution is 7.80. The first-order valence-corrected chi connectivity index (χ1v) is 8.89. The van der Waals surface area contributed by atoms with Gasteiger partial charge in [-0.3, -0.25) is 14.9 Å². The fraction of sp³-hybridized carbons (Fsp3) is 0.150. The number of nitrogens with one attached hydrogen (secondary N) is 2. The summed E-state index contributed by atoms with van der Waals surface area (Å²) in [6, 6.07) is 17.4. The zero-order chi connectivity index (χ0) is 19.4. The Hall–Kier alpha value is -3.19. The van der Waals surface area contributed by atoms with Gasteiger partial charge in [0.05, 0.1) is 17.6 Å². The third-order valence-electron chi connectivity index (χ3n) is 4.25. The highest BCUT2D eigenvalue weighted by atomic mass is 32.1. The molecule has 0 saturated carbocycles. The number of aromatic nitrogens is 2. The molecule has 2 N–H and O–H groups in total. The zero-order valence-electron chi connectivity index (χ0n) is 15.4. The number of aryl methyl sites for hydroxylation is 1. The molecule has 0 amide bonds. The maximum absolute atomic E-state index is 12.8. The van der Waals surface area contributed by atoms with Gasteiger partial charge < -0.3 is 5.32 Å². The summed E-state index contributed by atoms with van der Waals surface area (Å²) in [6.45, 7) is 3.89. The number of para-hydroxylation sites is 1. The Morgan fingerprint density at radius 3 is 2.41 bits per heavy atom. The lowest BCUT2D eigenvalue weighted by Gasteiger charge is -2.07. The molecule has 138 valence electrons. The molecular formula is C20H21N5OS. The normalized spacial score (nSPS) is 10.9. The first kappa shape index (κ1) is 18.6. The minimum Gasteiger partial charge on any atom is -0.325 e. The predicted octanol–water partition coefficient (Wildman–Crippen LogP) is 3.11. The fourth-order valence-electron chi connectivity index (χ4n) is 2.67. The molecule has 0 radical (unpaired) electrons. The fourth-order valence-corrected chi connectivity index (χ4v) is 2.83. The van der Waals surface area contributed by atoms with Crippen LogP contribution in [-0.2, 0) is 7.05 Å². The van der Waals surface area contributed by atoms with Crippen molar-refractivity contribution < 1.29 is 0 Å². The van der Waals surface area contributed by atoms with E-state index in [1.807, 2.05) is 75.5 Å². The van der Waals surface area contributed by atoms with Crippen molar-refractivity contribution in [3.05, 3.63) is 81.8 Å². The molecule has 0 spiro atoms. The van der Waals surface area contributed by atoms with E-state index in [9.17, 15) is 4.79 Å². The Labute approximate surface area is 163 Å². The molecule has 0 saturated heterocycles. The van der Waals surface area contributed by atoms with Gasteiger partial charge in [0.2, 0.25) is 0 Å². The molecule has 3 rings (SSSR count). The van der Waals surface area contributed by atoms with Crippen LogP contribution in [0.4, 0.5) is 5.69 Å². The molecule has 1 aromatic heterocycles. The minimum absolute atomic E-state index is 0.173. The van der Waals surface area contributed by atoms with Crippen LogP contribution in [0.2, 0.25) is 0 Å². The van der Waals surface area contributed by atoms with Crippen molar-refractivity contribution in [2.45, 2.75) is 13.8 Å². The van der Waals surface area contributed by atoms with Gasteiger partial charge in [0, 0.05) is 7.05 Å². The summed E-state index contributed by atoms with van der Waals surface area (Å²) in [5, 5.41) is 7.33. The molecule has 0 aliphatic rings. The molecule has 7 heteroatoms. The Bertz CT molecular complexity index is 1030. The van der Waals surface area contributed by atoms with Crippen molar-refractivity contribution in [1.29, 1.82) is 0 Å². The number of thiocarbonyl (C=S) groups is 1. The molecule has 27 heavy (non-hydrogen) atoms. The van der Waals surface area contributed by atoms with Crippen molar-refractivity contribution in [2.24, 2.45) is 12.1 Å². The monoisotopic (exact) mass is 379 g/mol. The first-order chi connectivity index (χ1) is 13.0. The van der Waals surface area contributed by atoms with Crippen LogP contribution in [-0.4, -0.2) is 20.7 Å². The van der Waals surface area contributed by atoms with Crippen LogP contribution >= 0.6 is 12.2 Å². The van der Waals surface area contributed by atoms with Crippen LogP contribution in [0.5, 0.6) is 0 Å². The lowest BCUT2D eigenvalue weighted by Crippen LogP contribution is -2.28. The summed E-state index contributed by atoms with van der Waals surface area (Å²) >= 11 is 5.27. The topological polar surface area (TPSA) is 63.4 Å². The Morgan fingerprint density at radius 2 is 1.74 bits per heavy atom. The number of hydrazone groups is 1. The van der Waals surface area contributed by atoms with Crippen LogP contribution in [0.15, 0.2) is 64.5 Å². The van der Waals surface area contributed by atoms with E-state index in [0.29, 0.717) is 5.69 Å². The Morgan fingerprint density at radius 1 is 1.07 bits per heavy atom. The van der Waals surface area contributed by atoms with E-state index in [0.717, 1.165) is 16.9 Å². The number of anilines is 1. The average Bonchev–Trinajstić information content (AvgIpc) is 2.87. The van der Waals surface area contributed by atoms with Crippen molar-refractivity contribution in [3.63, 3.8) is 0 Å². The van der Waals surface area contributed by atoms with Crippen LogP contribution < -0.4 is 16.3 Å². The maximum atomic E-state index is 12.8. The molecule has 0 atom stereocenters. The van der Waals surface area contributed by atoms with Crippen molar-refractivity contribution >= 4 is 29.2 Å². The third-order valence-corrected chi connectivity index (χ3v) is 4.44. The number of nitrogens with zero attached hydrogens (tertiary/aromatic N) is 3. The van der Waals surface area contributed by atoms with E-state index in [1.165, 1.54) is 5.56 Å². The minimum atomic E-state index is -0.173. The molecule has 3 aromatic rings. The van der Waals surface area contributed by atoms with Gasteiger partial charge in [-0.15, -0.1) is 0 Å². The van der Waals surface area contributed by atoms with E-state index in [4.69, 9.17) is 12.2 Å². The lowest BCUT2D eigenvalue weighted by atomic mass is 10.2. The second-order valence-corrected chi connectivity index (χ2v) is 6.58. The summed E-state index contributed by atoms with van der Waals surface area (Å²) in [4.78, 5) is 12.8. The molecule has 0 aliphatic carbocycles. The van der Waals surface area contributed by atoms with Gasteiger partial charge in [-0.1, -0.05) is 48.0 Å². The zero-order valence-corrected chi connectivity index (χ0v) is 16.2. The van der Waals surface area contributed by atoms with Crippen LogP contribution in [0, 0.1) is 13.8 Å². The number of rotatable bonds is 4. The van der Waals surface area contributed by atoms with E-state index >= 15 is 0 Å². The predicted molar refractivity (Wildman–Crippen MR) is 114 cm³/mol. The van der Waals surface area contributed by atoms with Gasteiger partial charge >= 0.3 is 0 Å². The molecular weight excluding hydrogens is 358 g/mol. The van der Waals surface area contributed by atoms with Crippen LogP contribution in [0.1, 0.15) is 16.8 Å². The van der Waals surface area contributed by atoms with E-state index in [-0.39, 0.29) is 10.7 Å². The van der Waals surface area contributed by atoms with E-state index < -0.39 is 0 Å². The van der Waals surface area contributed by atoms with Crippen molar-refractivity contribution in [2.75, 3.05) is 5.32 Å². The number of hydrogen-bond donors (Lipinski definition) is 2. The standard InChI is InChI=1S/C20H21N5OS/c1-14-9-11-16(12-10-14)13-21-23-20(27)22-18-15(2)24(3)25(19(18)26)17-7-5-4-6-8-17/h4-13H,1-3H3,(H2,22,23,27)/b21-13-.